The molecular formula is C13H22N2O3S. The molecule has 0 saturated carbocycles. The van der Waals surface area contributed by atoms with Crippen LogP contribution in [0.5, 0.6) is 5.75 Å². The highest BCUT2D eigenvalue weighted by Crippen LogP contribution is 2.14. The van der Waals surface area contributed by atoms with E-state index in [0.717, 1.165) is 13.0 Å². The molecule has 0 saturated heterocycles. The van der Waals surface area contributed by atoms with Crippen molar-refractivity contribution in [3.05, 3.63) is 29.8 Å². The van der Waals surface area contributed by atoms with E-state index in [9.17, 15) is 8.42 Å². The van der Waals surface area contributed by atoms with E-state index in [1.807, 2.05) is 0 Å². The van der Waals surface area contributed by atoms with Gasteiger partial charge in [-0.15, -0.1) is 0 Å². The molecule has 0 amide bonds. The van der Waals surface area contributed by atoms with Crippen molar-refractivity contribution in [3.8, 4) is 5.75 Å². The van der Waals surface area contributed by atoms with Crippen LogP contribution in [0.25, 0.3) is 0 Å². The molecule has 0 fully saturated rings. The fourth-order valence-electron chi connectivity index (χ4n) is 1.63. The Hall–Kier alpha value is -1.11. The number of benzene rings is 1. The fourth-order valence-corrected chi connectivity index (χ4v) is 2.76. The third-order valence-corrected chi connectivity index (χ3v) is 3.90. The van der Waals surface area contributed by atoms with Crippen molar-refractivity contribution < 1.29 is 13.2 Å². The number of hydrogen-bond donors (Lipinski definition) is 2. The summed E-state index contributed by atoms with van der Waals surface area (Å²) in [5.41, 5.74) is 0.716. The van der Waals surface area contributed by atoms with Gasteiger partial charge in [-0.25, -0.2) is 13.1 Å². The van der Waals surface area contributed by atoms with E-state index in [4.69, 9.17) is 4.74 Å². The zero-order valence-electron chi connectivity index (χ0n) is 11.5. The number of nitrogens with one attached hydrogen (secondary N) is 2. The second kappa shape index (κ2) is 8.14. The van der Waals surface area contributed by atoms with Crippen LogP contribution in [0.4, 0.5) is 0 Å². The Morgan fingerprint density at radius 3 is 2.68 bits per heavy atom. The third-order valence-electron chi connectivity index (χ3n) is 2.54. The molecule has 0 unspecified atom stereocenters. The Bertz CT molecular complexity index is 475. The van der Waals surface area contributed by atoms with Gasteiger partial charge in [0.2, 0.25) is 10.0 Å². The zero-order chi connectivity index (χ0) is 14.1. The Morgan fingerprint density at radius 2 is 2.00 bits per heavy atom. The first-order chi connectivity index (χ1) is 9.07. The lowest BCUT2D eigenvalue weighted by Gasteiger charge is -2.08. The lowest BCUT2D eigenvalue weighted by molar-refractivity contribution is 0.414. The second-order valence-electron chi connectivity index (χ2n) is 4.25. The number of methoxy groups -OCH3 is 1. The summed E-state index contributed by atoms with van der Waals surface area (Å²) in [7, 11) is -1.73. The van der Waals surface area contributed by atoms with Gasteiger partial charge in [0.25, 0.3) is 0 Å². The van der Waals surface area contributed by atoms with E-state index >= 15 is 0 Å². The lowest BCUT2D eigenvalue weighted by atomic mass is 10.2. The minimum absolute atomic E-state index is 0.0298. The quantitative estimate of drug-likeness (QED) is 0.667. The summed E-state index contributed by atoms with van der Waals surface area (Å²) in [6, 6.07) is 7.08. The standard InChI is InChI=1S/C13H22N2O3S/c1-3-7-14-8-9-15-19(16,17)11-12-5-4-6-13(10-12)18-2/h4-6,10,14-15H,3,7-9,11H2,1-2H3. The molecule has 0 aliphatic rings. The van der Waals surface area contributed by atoms with E-state index in [-0.39, 0.29) is 5.75 Å². The molecule has 0 aliphatic heterocycles. The molecule has 6 heteroatoms. The predicted octanol–water partition coefficient (Wildman–Crippen LogP) is 1.11. The molecule has 0 aromatic heterocycles. The summed E-state index contributed by atoms with van der Waals surface area (Å²) in [6.45, 7) is 4.02. The van der Waals surface area contributed by atoms with Gasteiger partial charge in [-0.2, -0.15) is 0 Å². The maximum Gasteiger partial charge on any atom is 0.215 e. The van der Waals surface area contributed by atoms with E-state index < -0.39 is 10.0 Å². The average Bonchev–Trinajstić information content (AvgIpc) is 2.38. The summed E-state index contributed by atoms with van der Waals surface area (Å²) in [4.78, 5) is 0. The molecule has 0 heterocycles. The molecule has 2 N–H and O–H groups in total. The average molecular weight is 286 g/mol. The maximum atomic E-state index is 11.9. The van der Waals surface area contributed by atoms with Gasteiger partial charge in [-0.05, 0) is 30.7 Å². The molecule has 0 aliphatic carbocycles. The molecule has 5 nitrogen and oxygen atoms in total. The van der Waals surface area contributed by atoms with Crippen LogP contribution in [0, 0.1) is 0 Å². The van der Waals surface area contributed by atoms with Gasteiger partial charge in [0.05, 0.1) is 12.9 Å². The van der Waals surface area contributed by atoms with Gasteiger partial charge >= 0.3 is 0 Å². The highest BCUT2D eigenvalue weighted by molar-refractivity contribution is 7.88. The molecule has 0 bridgehead atoms. The topological polar surface area (TPSA) is 67.4 Å². The number of ether oxygens (including phenoxy) is 1. The van der Waals surface area contributed by atoms with Crippen molar-refractivity contribution in [1.82, 2.24) is 10.0 Å². The highest BCUT2D eigenvalue weighted by atomic mass is 32.2. The monoisotopic (exact) mass is 286 g/mol. The number of hydrogen-bond acceptors (Lipinski definition) is 4. The van der Waals surface area contributed by atoms with Gasteiger partial charge in [0.15, 0.2) is 0 Å². The number of rotatable bonds is 9. The zero-order valence-corrected chi connectivity index (χ0v) is 12.3. The van der Waals surface area contributed by atoms with Gasteiger partial charge in [-0.1, -0.05) is 19.1 Å². The van der Waals surface area contributed by atoms with Crippen LogP contribution in [0.1, 0.15) is 18.9 Å². The maximum absolute atomic E-state index is 11.9. The summed E-state index contributed by atoms with van der Waals surface area (Å²) < 4.78 is 31.3. The molecular weight excluding hydrogens is 264 g/mol. The van der Waals surface area contributed by atoms with E-state index in [1.165, 1.54) is 0 Å². The lowest BCUT2D eigenvalue weighted by Crippen LogP contribution is -2.32. The predicted molar refractivity (Wildman–Crippen MR) is 76.8 cm³/mol. The normalized spacial score (nSPS) is 11.5. The number of sulfonamides is 1. The summed E-state index contributed by atoms with van der Waals surface area (Å²) >= 11 is 0. The summed E-state index contributed by atoms with van der Waals surface area (Å²) in [6.07, 6.45) is 1.04. The van der Waals surface area contributed by atoms with Crippen LogP contribution in [-0.4, -0.2) is 35.2 Å². The van der Waals surface area contributed by atoms with Gasteiger partial charge < -0.3 is 10.1 Å². The SMILES string of the molecule is CCCNCCNS(=O)(=O)Cc1cccc(OC)c1. The van der Waals surface area contributed by atoms with Gasteiger partial charge in [0.1, 0.15) is 5.75 Å². The fraction of sp³-hybridized carbons (Fsp3) is 0.538. The van der Waals surface area contributed by atoms with Crippen molar-refractivity contribution in [2.75, 3.05) is 26.7 Å². The Morgan fingerprint density at radius 1 is 1.21 bits per heavy atom. The Balaban J connectivity index is 2.45. The van der Waals surface area contributed by atoms with E-state index in [2.05, 4.69) is 17.0 Å². The highest BCUT2D eigenvalue weighted by Gasteiger charge is 2.11. The van der Waals surface area contributed by atoms with Crippen molar-refractivity contribution in [1.29, 1.82) is 0 Å². The molecule has 1 rings (SSSR count). The summed E-state index contributed by atoms with van der Waals surface area (Å²) in [5.74, 6) is 0.634. The molecule has 0 spiro atoms. The Labute approximate surface area is 115 Å². The van der Waals surface area contributed by atoms with Crippen LogP contribution < -0.4 is 14.8 Å². The van der Waals surface area contributed by atoms with Crippen LogP contribution in [0.15, 0.2) is 24.3 Å². The molecule has 1 aromatic carbocycles. The molecule has 0 radical (unpaired) electrons. The van der Waals surface area contributed by atoms with Gasteiger partial charge in [-0.3, -0.25) is 0 Å². The smallest absolute Gasteiger partial charge is 0.215 e. The largest absolute Gasteiger partial charge is 0.497 e. The first kappa shape index (κ1) is 15.9. The molecule has 1 aromatic rings. The van der Waals surface area contributed by atoms with Crippen LogP contribution in [0.3, 0.4) is 0 Å². The first-order valence-electron chi connectivity index (χ1n) is 6.38. The molecule has 108 valence electrons. The van der Waals surface area contributed by atoms with E-state index in [1.54, 1.807) is 31.4 Å². The van der Waals surface area contributed by atoms with E-state index in [0.29, 0.717) is 24.4 Å². The molecule has 19 heavy (non-hydrogen) atoms. The van der Waals surface area contributed by atoms with Crippen molar-refractivity contribution in [3.63, 3.8) is 0 Å². The van der Waals surface area contributed by atoms with Crippen molar-refractivity contribution >= 4 is 10.0 Å². The first-order valence-corrected chi connectivity index (χ1v) is 8.03. The van der Waals surface area contributed by atoms with Gasteiger partial charge in [0, 0.05) is 13.1 Å². The third kappa shape index (κ3) is 6.56. The van der Waals surface area contributed by atoms with Crippen LogP contribution in [0.2, 0.25) is 0 Å². The minimum Gasteiger partial charge on any atom is -0.497 e. The minimum atomic E-state index is -3.29. The van der Waals surface area contributed by atoms with Crippen molar-refractivity contribution in [2.24, 2.45) is 0 Å². The second-order valence-corrected chi connectivity index (χ2v) is 6.06. The Kier molecular flexibility index (Phi) is 6.83. The van der Waals surface area contributed by atoms with Crippen LogP contribution in [-0.2, 0) is 15.8 Å². The van der Waals surface area contributed by atoms with Crippen molar-refractivity contribution in [2.45, 2.75) is 19.1 Å². The molecule has 0 atom stereocenters. The van der Waals surface area contributed by atoms with Crippen LogP contribution >= 0.6 is 0 Å². The summed E-state index contributed by atoms with van der Waals surface area (Å²) in [5, 5.41) is 3.14.